The summed E-state index contributed by atoms with van der Waals surface area (Å²) in [4.78, 5) is 0.346. The Morgan fingerprint density at radius 3 is 2.62 bits per heavy atom. The standard InChI is InChI=1S/C16H22N2O2S/c1-3-4-5-11-18(2)21(19,20)16-8-6-7-13-12-14(17)9-10-15(13)16/h6-10,12H,3-5,11,17H2,1-2H3. The molecule has 0 spiro atoms. The van der Waals surface area contributed by atoms with Gasteiger partial charge in [-0.15, -0.1) is 0 Å². The second kappa shape index (κ2) is 6.45. The number of nitrogens with zero attached hydrogens (tertiary/aromatic N) is 1. The van der Waals surface area contributed by atoms with Crippen LogP contribution in [0.3, 0.4) is 0 Å². The van der Waals surface area contributed by atoms with Crippen molar-refractivity contribution in [1.82, 2.24) is 4.31 Å². The van der Waals surface area contributed by atoms with E-state index < -0.39 is 10.0 Å². The number of benzene rings is 2. The topological polar surface area (TPSA) is 63.4 Å². The SMILES string of the molecule is CCCCCN(C)S(=O)(=O)c1cccc2cc(N)ccc12. The second-order valence-corrected chi connectivity index (χ2v) is 7.28. The van der Waals surface area contributed by atoms with Crippen molar-refractivity contribution in [1.29, 1.82) is 0 Å². The summed E-state index contributed by atoms with van der Waals surface area (Å²) in [5.74, 6) is 0. The molecule has 0 aliphatic carbocycles. The molecule has 114 valence electrons. The van der Waals surface area contributed by atoms with Crippen LogP contribution in [0.15, 0.2) is 41.3 Å². The van der Waals surface area contributed by atoms with Gasteiger partial charge < -0.3 is 5.73 Å². The Hall–Kier alpha value is -1.59. The molecule has 2 aromatic carbocycles. The van der Waals surface area contributed by atoms with Crippen molar-refractivity contribution in [2.75, 3.05) is 19.3 Å². The average Bonchev–Trinajstić information content (AvgIpc) is 2.46. The Kier molecular flexibility index (Phi) is 4.85. The van der Waals surface area contributed by atoms with Gasteiger partial charge in [0.25, 0.3) is 0 Å². The molecule has 0 saturated carbocycles. The number of sulfonamides is 1. The minimum Gasteiger partial charge on any atom is -0.399 e. The van der Waals surface area contributed by atoms with Crippen molar-refractivity contribution in [2.45, 2.75) is 31.1 Å². The third-order valence-electron chi connectivity index (χ3n) is 3.63. The zero-order valence-electron chi connectivity index (χ0n) is 12.5. The first kappa shape index (κ1) is 15.8. The minimum absolute atomic E-state index is 0.346. The first-order valence-electron chi connectivity index (χ1n) is 7.21. The van der Waals surface area contributed by atoms with Gasteiger partial charge in [0.05, 0.1) is 4.90 Å². The molecule has 0 aliphatic rings. The number of fused-ring (bicyclic) bond motifs is 1. The lowest BCUT2D eigenvalue weighted by Gasteiger charge is -2.18. The van der Waals surface area contributed by atoms with Gasteiger partial charge in [0.15, 0.2) is 0 Å². The van der Waals surface area contributed by atoms with E-state index >= 15 is 0 Å². The van der Waals surface area contributed by atoms with Crippen molar-refractivity contribution in [3.8, 4) is 0 Å². The zero-order chi connectivity index (χ0) is 15.5. The lowest BCUT2D eigenvalue weighted by atomic mass is 10.1. The van der Waals surface area contributed by atoms with Crippen LogP contribution in [0.25, 0.3) is 10.8 Å². The van der Waals surface area contributed by atoms with E-state index in [1.807, 2.05) is 6.07 Å². The predicted molar refractivity (Wildman–Crippen MR) is 87.7 cm³/mol. The largest absolute Gasteiger partial charge is 0.399 e. The van der Waals surface area contributed by atoms with Gasteiger partial charge in [-0.05, 0) is 30.0 Å². The summed E-state index contributed by atoms with van der Waals surface area (Å²) in [6.45, 7) is 2.64. The van der Waals surface area contributed by atoms with Crippen LogP contribution in [0.5, 0.6) is 0 Å². The van der Waals surface area contributed by atoms with Gasteiger partial charge in [-0.1, -0.05) is 38.0 Å². The fourth-order valence-corrected chi connectivity index (χ4v) is 3.79. The maximum absolute atomic E-state index is 12.7. The van der Waals surface area contributed by atoms with Crippen molar-refractivity contribution in [2.24, 2.45) is 0 Å². The number of hydrogen-bond donors (Lipinski definition) is 1. The number of unbranched alkanes of at least 4 members (excludes halogenated alkanes) is 2. The molecule has 0 aliphatic heterocycles. The zero-order valence-corrected chi connectivity index (χ0v) is 13.4. The van der Waals surface area contributed by atoms with Gasteiger partial charge >= 0.3 is 0 Å². The first-order valence-corrected chi connectivity index (χ1v) is 8.65. The summed E-state index contributed by atoms with van der Waals surface area (Å²) in [5.41, 5.74) is 6.40. The van der Waals surface area contributed by atoms with E-state index in [0.29, 0.717) is 22.5 Å². The van der Waals surface area contributed by atoms with Gasteiger partial charge in [-0.25, -0.2) is 12.7 Å². The van der Waals surface area contributed by atoms with Crippen molar-refractivity contribution in [3.63, 3.8) is 0 Å². The molecule has 21 heavy (non-hydrogen) atoms. The monoisotopic (exact) mass is 306 g/mol. The van der Waals surface area contributed by atoms with Crippen LogP contribution in [-0.4, -0.2) is 26.3 Å². The molecular formula is C16H22N2O2S. The highest BCUT2D eigenvalue weighted by Crippen LogP contribution is 2.26. The summed E-state index contributed by atoms with van der Waals surface area (Å²) >= 11 is 0. The molecule has 0 heterocycles. The van der Waals surface area contributed by atoms with Crippen molar-refractivity contribution in [3.05, 3.63) is 36.4 Å². The highest BCUT2D eigenvalue weighted by molar-refractivity contribution is 7.89. The number of anilines is 1. The molecule has 2 aromatic rings. The second-order valence-electron chi connectivity index (χ2n) is 5.27. The average molecular weight is 306 g/mol. The van der Waals surface area contributed by atoms with Gasteiger partial charge in [0.2, 0.25) is 10.0 Å². The molecular weight excluding hydrogens is 284 g/mol. The maximum atomic E-state index is 12.7. The van der Waals surface area contributed by atoms with Crippen LogP contribution < -0.4 is 5.73 Å². The third kappa shape index (κ3) is 3.36. The van der Waals surface area contributed by atoms with Gasteiger partial charge in [0.1, 0.15) is 0 Å². The van der Waals surface area contributed by atoms with Crippen LogP contribution >= 0.6 is 0 Å². The number of hydrogen-bond acceptors (Lipinski definition) is 3. The highest BCUT2D eigenvalue weighted by atomic mass is 32.2. The van der Waals surface area contributed by atoms with Crippen LogP contribution in [0.1, 0.15) is 26.2 Å². The van der Waals surface area contributed by atoms with Gasteiger partial charge in [0, 0.05) is 24.7 Å². The van der Waals surface area contributed by atoms with E-state index in [1.165, 1.54) is 4.31 Å². The Morgan fingerprint density at radius 1 is 1.14 bits per heavy atom. The van der Waals surface area contributed by atoms with Crippen LogP contribution in [0.4, 0.5) is 5.69 Å². The Labute approximate surface area is 126 Å². The Balaban J connectivity index is 2.40. The molecule has 5 heteroatoms. The molecule has 0 radical (unpaired) electrons. The quantitative estimate of drug-likeness (QED) is 0.658. The lowest BCUT2D eigenvalue weighted by Crippen LogP contribution is -2.28. The van der Waals surface area contributed by atoms with E-state index in [0.717, 1.165) is 24.6 Å². The van der Waals surface area contributed by atoms with Crippen LogP contribution in [0.2, 0.25) is 0 Å². The molecule has 2 N–H and O–H groups in total. The molecule has 0 saturated heterocycles. The number of nitrogen functional groups attached to an aromatic ring is 1. The molecule has 0 fully saturated rings. The molecule has 2 rings (SSSR count). The number of rotatable bonds is 6. The van der Waals surface area contributed by atoms with E-state index in [1.54, 1.807) is 37.4 Å². The Morgan fingerprint density at radius 2 is 1.90 bits per heavy atom. The van der Waals surface area contributed by atoms with E-state index in [-0.39, 0.29) is 0 Å². The summed E-state index contributed by atoms with van der Waals surface area (Å²) in [6, 6.07) is 10.6. The normalized spacial score (nSPS) is 12.1. The molecule has 4 nitrogen and oxygen atoms in total. The first-order chi connectivity index (χ1) is 9.96. The smallest absolute Gasteiger partial charge is 0.243 e. The molecule has 0 bridgehead atoms. The summed E-state index contributed by atoms with van der Waals surface area (Å²) in [7, 11) is -1.83. The Bertz CT molecular complexity index is 726. The van der Waals surface area contributed by atoms with E-state index in [4.69, 9.17) is 5.73 Å². The summed E-state index contributed by atoms with van der Waals surface area (Å²) in [6.07, 6.45) is 2.98. The fourth-order valence-electron chi connectivity index (χ4n) is 2.37. The van der Waals surface area contributed by atoms with Crippen molar-refractivity contribution < 1.29 is 8.42 Å². The van der Waals surface area contributed by atoms with Crippen LogP contribution in [-0.2, 0) is 10.0 Å². The molecule has 0 unspecified atom stereocenters. The summed E-state index contributed by atoms with van der Waals surface area (Å²) in [5, 5.41) is 1.56. The van der Waals surface area contributed by atoms with E-state index in [9.17, 15) is 8.42 Å². The van der Waals surface area contributed by atoms with Gasteiger partial charge in [-0.2, -0.15) is 0 Å². The molecule has 0 atom stereocenters. The van der Waals surface area contributed by atoms with Crippen LogP contribution in [0, 0.1) is 0 Å². The minimum atomic E-state index is -3.47. The predicted octanol–water partition coefficient (Wildman–Crippen LogP) is 3.23. The summed E-state index contributed by atoms with van der Waals surface area (Å²) < 4.78 is 26.9. The highest BCUT2D eigenvalue weighted by Gasteiger charge is 2.22. The lowest BCUT2D eigenvalue weighted by molar-refractivity contribution is 0.455. The number of nitrogens with two attached hydrogens (primary N) is 1. The maximum Gasteiger partial charge on any atom is 0.243 e. The fraction of sp³-hybridized carbons (Fsp3) is 0.375. The molecule has 0 amide bonds. The van der Waals surface area contributed by atoms with Gasteiger partial charge in [-0.3, -0.25) is 0 Å². The van der Waals surface area contributed by atoms with Crippen molar-refractivity contribution >= 4 is 26.5 Å². The third-order valence-corrected chi connectivity index (χ3v) is 5.54. The molecule has 0 aromatic heterocycles. The van der Waals surface area contributed by atoms with E-state index in [2.05, 4.69) is 6.92 Å².